The Labute approximate surface area is 123 Å². The summed E-state index contributed by atoms with van der Waals surface area (Å²) in [7, 11) is 0. The molecule has 5 heteroatoms. The lowest BCUT2D eigenvalue weighted by Gasteiger charge is -2.30. The monoisotopic (exact) mass is 304 g/mol. The zero-order valence-corrected chi connectivity index (χ0v) is 12.6. The first-order valence-corrected chi connectivity index (χ1v) is 8.09. The minimum Gasteiger partial charge on any atom is -0.329 e. The van der Waals surface area contributed by atoms with Crippen molar-refractivity contribution < 1.29 is 0 Å². The third-order valence-electron chi connectivity index (χ3n) is 3.19. The van der Waals surface area contributed by atoms with Crippen LogP contribution in [0.25, 0.3) is 0 Å². The van der Waals surface area contributed by atoms with Crippen molar-refractivity contribution in [1.82, 2.24) is 4.90 Å². The van der Waals surface area contributed by atoms with E-state index >= 15 is 0 Å². The van der Waals surface area contributed by atoms with E-state index in [2.05, 4.69) is 4.90 Å². The SMILES string of the molecule is NCC(c1cc(Cl)cc(Cl)c1)N1CCCSCC1. The number of thioether (sulfide) groups is 1. The molecule has 1 heterocycles. The van der Waals surface area contributed by atoms with E-state index in [1.54, 1.807) is 6.07 Å². The van der Waals surface area contributed by atoms with Crippen LogP contribution in [0.3, 0.4) is 0 Å². The van der Waals surface area contributed by atoms with Crippen LogP contribution in [0.1, 0.15) is 18.0 Å². The Kier molecular flexibility index (Phi) is 5.64. The van der Waals surface area contributed by atoms with E-state index < -0.39 is 0 Å². The predicted octanol–water partition coefficient (Wildman–Crippen LogP) is 3.43. The Morgan fingerprint density at radius 1 is 1.17 bits per heavy atom. The van der Waals surface area contributed by atoms with Gasteiger partial charge in [0.05, 0.1) is 0 Å². The lowest BCUT2D eigenvalue weighted by Crippen LogP contribution is -2.35. The van der Waals surface area contributed by atoms with Crippen LogP contribution in [0.4, 0.5) is 0 Å². The standard InChI is InChI=1S/C13H18Cl2N2S/c14-11-6-10(7-12(15)8-11)13(9-16)17-2-1-4-18-5-3-17/h6-8,13H,1-5,9,16H2. The van der Waals surface area contributed by atoms with Gasteiger partial charge in [-0.2, -0.15) is 11.8 Å². The van der Waals surface area contributed by atoms with Crippen molar-refractivity contribution >= 4 is 35.0 Å². The topological polar surface area (TPSA) is 29.3 Å². The van der Waals surface area contributed by atoms with Gasteiger partial charge in [0.15, 0.2) is 0 Å². The molecule has 0 saturated carbocycles. The Bertz CT molecular complexity index is 372. The van der Waals surface area contributed by atoms with Gasteiger partial charge >= 0.3 is 0 Å². The fourth-order valence-electron chi connectivity index (χ4n) is 2.34. The molecule has 2 N–H and O–H groups in total. The van der Waals surface area contributed by atoms with Crippen LogP contribution in [0, 0.1) is 0 Å². The van der Waals surface area contributed by atoms with Crippen LogP contribution in [0.5, 0.6) is 0 Å². The van der Waals surface area contributed by atoms with E-state index in [4.69, 9.17) is 28.9 Å². The van der Waals surface area contributed by atoms with Gasteiger partial charge in [-0.05, 0) is 42.5 Å². The molecule has 1 fully saturated rings. The molecule has 0 amide bonds. The molecule has 1 unspecified atom stereocenters. The van der Waals surface area contributed by atoms with E-state index in [0.29, 0.717) is 16.6 Å². The third kappa shape index (κ3) is 3.78. The second-order valence-corrected chi connectivity index (χ2v) is 6.55. The number of hydrogen-bond acceptors (Lipinski definition) is 3. The molecule has 1 saturated heterocycles. The molecule has 1 aromatic carbocycles. The number of hydrogen-bond donors (Lipinski definition) is 1. The summed E-state index contributed by atoms with van der Waals surface area (Å²) in [5, 5.41) is 1.36. The molecule has 1 aromatic rings. The Balaban J connectivity index is 2.20. The highest BCUT2D eigenvalue weighted by atomic mass is 35.5. The minimum atomic E-state index is 0.222. The first kappa shape index (κ1) is 14.5. The lowest BCUT2D eigenvalue weighted by atomic mass is 10.1. The van der Waals surface area contributed by atoms with Crippen LogP contribution in [-0.4, -0.2) is 36.0 Å². The molecule has 2 rings (SSSR count). The highest BCUT2D eigenvalue weighted by Crippen LogP contribution is 2.28. The minimum absolute atomic E-state index is 0.222. The first-order chi connectivity index (χ1) is 8.70. The van der Waals surface area contributed by atoms with Gasteiger partial charge in [-0.3, -0.25) is 4.90 Å². The summed E-state index contributed by atoms with van der Waals surface area (Å²) in [6.07, 6.45) is 1.22. The zero-order valence-electron chi connectivity index (χ0n) is 10.2. The van der Waals surface area contributed by atoms with Crippen LogP contribution in [0.2, 0.25) is 10.0 Å². The van der Waals surface area contributed by atoms with E-state index in [1.807, 2.05) is 23.9 Å². The average molecular weight is 305 g/mol. The lowest BCUT2D eigenvalue weighted by molar-refractivity contribution is 0.218. The second kappa shape index (κ2) is 7.01. The fourth-order valence-corrected chi connectivity index (χ4v) is 3.78. The van der Waals surface area contributed by atoms with Crippen LogP contribution >= 0.6 is 35.0 Å². The van der Waals surface area contributed by atoms with Gasteiger partial charge in [0.2, 0.25) is 0 Å². The second-order valence-electron chi connectivity index (χ2n) is 4.46. The van der Waals surface area contributed by atoms with Crippen molar-refractivity contribution in [2.24, 2.45) is 5.73 Å². The van der Waals surface area contributed by atoms with Crippen molar-refractivity contribution in [2.75, 3.05) is 31.1 Å². The molecule has 1 aliphatic rings. The number of nitrogens with zero attached hydrogens (tertiary/aromatic N) is 1. The summed E-state index contributed by atoms with van der Waals surface area (Å²) in [4.78, 5) is 2.45. The predicted molar refractivity (Wildman–Crippen MR) is 81.8 cm³/mol. The number of halogens is 2. The van der Waals surface area contributed by atoms with Crippen LogP contribution in [0.15, 0.2) is 18.2 Å². The van der Waals surface area contributed by atoms with Crippen molar-refractivity contribution in [2.45, 2.75) is 12.5 Å². The molecular weight excluding hydrogens is 287 g/mol. The van der Waals surface area contributed by atoms with E-state index in [-0.39, 0.29) is 6.04 Å². The van der Waals surface area contributed by atoms with Gasteiger partial charge in [-0.15, -0.1) is 0 Å². The highest BCUT2D eigenvalue weighted by Gasteiger charge is 2.20. The van der Waals surface area contributed by atoms with Gasteiger partial charge in [0, 0.05) is 34.9 Å². The Morgan fingerprint density at radius 3 is 2.56 bits per heavy atom. The van der Waals surface area contributed by atoms with Crippen LogP contribution in [-0.2, 0) is 0 Å². The summed E-state index contributed by atoms with van der Waals surface area (Å²) in [5.74, 6) is 2.41. The normalized spacial score (nSPS) is 19.5. The maximum atomic E-state index is 6.07. The fraction of sp³-hybridized carbons (Fsp3) is 0.538. The summed E-state index contributed by atoms with van der Waals surface area (Å²) < 4.78 is 0. The van der Waals surface area contributed by atoms with Gasteiger partial charge in [-0.1, -0.05) is 23.2 Å². The maximum absolute atomic E-state index is 6.07. The third-order valence-corrected chi connectivity index (χ3v) is 4.68. The average Bonchev–Trinajstić information content (AvgIpc) is 2.58. The van der Waals surface area contributed by atoms with E-state index in [1.165, 1.54) is 17.9 Å². The largest absolute Gasteiger partial charge is 0.329 e. The molecule has 0 aromatic heterocycles. The van der Waals surface area contributed by atoms with Crippen molar-refractivity contribution in [1.29, 1.82) is 0 Å². The summed E-state index contributed by atoms with van der Waals surface area (Å²) in [6.45, 7) is 2.77. The molecule has 1 atom stereocenters. The molecule has 0 radical (unpaired) electrons. The van der Waals surface area contributed by atoms with Gasteiger partial charge in [0.1, 0.15) is 0 Å². The summed E-state index contributed by atoms with van der Waals surface area (Å²) >= 11 is 14.2. The molecule has 2 nitrogen and oxygen atoms in total. The maximum Gasteiger partial charge on any atom is 0.0471 e. The summed E-state index contributed by atoms with van der Waals surface area (Å²) in [6, 6.07) is 5.93. The number of nitrogens with two attached hydrogens (primary N) is 1. The molecule has 0 bridgehead atoms. The van der Waals surface area contributed by atoms with Crippen LogP contribution < -0.4 is 5.73 Å². The first-order valence-electron chi connectivity index (χ1n) is 6.18. The van der Waals surface area contributed by atoms with E-state index in [9.17, 15) is 0 Å². The number of rotatable bonds is 3. The Hall–Kier alpha value is 0.0700. The van der Waals surface area contributed by atoms with E-state index in [0.717, 1.165) is 18.7 Å². The van der Waals surface area contributed by atoms with Gasteiger partial charge in [-0.25, -0.2) is 0 Å². The Morgan fingerprint density at radius 2 is 1.89 bits per heavy atom. The number of benzene rings is 1. The zero-order chi connectivity index (χ0) is 13.0. The van der Waals surface area contributed by atoms with Gasteiger partial charge in [0.25, 0.3) is 0 Å². The summed E-state index contributed by atoms with van der Waals surface area (Å²) in [5.41, 5.74) is 7.08. The molecule has 0 spiro atoms. The smallest absolute Gasteiger partial charge is 0.0471 e. The van der Waals surface area contributed by atoms with Crippen molar-refractivity contribution in [3.05, 3.63) is 33.8 Å². The van der Waals surface area contributed by atoms with Gasteiger partial charge < -0.3 is 5.73 Å². The van der Waals surface area contributed by atoms with Crippen molar-refractivity contribution in [3.63, 3.8) is 0 Å². The quantitative estimate of drug-likeness (QED) is 0.927. The highest BCUT2D eigenvalue weighted by molar-refractivity contribution is 7.99. The molecule has 0 aliphatic carbocycles. The molecular formula is C13H18Cl2N2S. The molecule has 100 valence electrons. The molecule has 1 aliphatic heterocycles. The molecule has 18 heavy (non-hydrogen) atoms. The van der Waals surface area contributed by atoms with Crippen molar-refractivity contribution in [3.8, 4) is 0 Å².